The van der Waals surface area contributed by atoms with Crippen LogP contribution in [0.15, 0.2) is 24.1 Å². The number of sulfonamides is 1. The number of piperidine rings is 1. The summed E-state index contributed by atoms with van der Waals surface area (Å²) in [5.74, 6) is 0.739. The quantitative estimate of drug-likeness (QED) is 0.570. The van der Waals surface area contributed by atoms with Gasteiger partial charge in [-0.25, -0.2) is 13.1 Å². The van der Waals surface area contributed by atoms with Crippen LogP contribution in [-0.2, 0) is 21.2 Å². The molecule has 6 nitrogen and oxygen atoms in total. The maximum Gasteiger partial charge on any atom is 0.233 e. The van der Waals surface area contributed by atoms with Crippen LogP contribution in [0.4, 0.5) is 0 Å². The fourth-order valence-electron chi connectivity index (χ4n) is 2.88. The zero-order chi connectivity index (χ0) is 19.3. The lowest BCUT2D eigenvalue weighted by atomic mass is 10.0. The second-order valence-electron chi connectivity index (χ2n) is 6.06. The lowest BCUT2D eigenvalue weighted by Gasteiger charge is -2.32. The minimum absolute atomic E-state index is 0.0574. The smallest absolute Gasteiger partial charge is 0.233 e. The SMILES string of the molecule is C=CS(=O)(=O)NC1CCN(C(=O)CCc2cc(I)c(Cl)cc2OC)CC1. The van der Waals surface area contributed by atoms with E-state index >= 15 is 0 Å². The highest BCUT2D eigenvalue weighted by molar-refractivity contribution is 14.1. The Hall–Kier alpha value is -0.840. The third-order valence-electron chi connectivity index (χ3n) is 4.33. The van der Waals surface area contributed by atoms with Gasteiger partial charge in [-0.3, -0.25) is 4.79 Å². The molecule has 1 aromatic carbocycles. The van der Waals surface area contributed by atoms with Gasteiger partial charge in [0.25, 0.3) is 0 Å². The third kappa shape index (κ3) is 5.83. The highest BCUT2D eigenvalue weighted by Gasteiger charge is 2.25. The molecule has 2 rings (SSSR count). The number of amides is 1. The van der Waals surface area contributed by atoms with Gasteiger partial charge in [0.05, 0.1) is 12.1 Å². The van der Waals surface area contributed by atoms with Crippen molar-refractivity contribution in [1.82, 2.24) is 9.62 Å². The number of carbonyl (C=O) groups is 1. The Bertz CT molecular complexity index is 777. The van der Waals surface area contributed by atoms with Crippen molar-refractivity contribution in [2.75, 3.05) is 20.2 Å². The van der Waals surface area contributed by atoms with E-state index in [-0.39, 0.29) is 11.9 Å². The van der Waals surface area contributed by atoms with E-state index in [1.165, 1.54) is 0 Å². The van der Waals surface area contributed by atoms with Gasteiger partial charge in [-0.05, 0) is 53.5 Å². The molecule has 26 heavy (non-hydrogen) atoms. The molecule has 1 saturated heterocycles. The van der Waals surface area contributed by atoms with Gasteiger partial charge in [-0.1, -0.05) is 18.2 Å². The fourth-order valence-corrected chi connectivity index (χ4v) is 4.36. The van der Waals surface area contributed by atoms with E-state index in [1.54, 1.807) is 18.1 Å². The van der Waals surface area contributed by atoms with Gasteiger partial charge < -0.3 is 9.64 Å². The summed E-state index contributed by atoms with van der Waals surface area (Å²) in [6.45, 7) is 4.37. The molecule has 0 bridgehead atoms. The van der Waals surface area contributed by atoms with E-state index in [0.717, 1.165) is 14.5 Å². The highest BCUT2D eigenvalue weighted by Crippen LogP contribution is 2.29. The van der Waals surface area contributed by atoms with E-state index in [9.17, 15) is 13.2 Å². The summed E-state index contributed by atoms with van der Waals surface area (Å²) in [5.41, 5.74) is 0.947. The number of aryl methyl sites for hydroxylation is 1. The zero-order valence-electron chi connectivity index (χ0n) is 14.5. The number of halogens is 2. The van der Waals surface area contributed by atoms with Crippen molar-refractivity contribution >= 4 is 50.1 Å². The molecule has 0 unspecified atom stereocenters. The number of nitrogens with one attached hydrogen (secondary N) is 1. The molecule has 144 valence electrons. The Morgan fingerprint density at radius 3 is 2.69 bits per heavy atom. The summed E-state index contributed by atoms with van der Waals surface area (Å²) in [5, 5.41) is 1.53. The first-order valence-corrected chi connectivity index (χ1v) is 11.2. The predicted octanol–water partition coefficient (Wildman–Crippen LogP) is 2.94. The Labute approximate surface area is 173 Å². The van der Waals surface area contributed by atoms with Crippen molar-refractivity contribution in [3.05, 3.63) is 38.3 Å². The summed E-state index contributed by atoms with van der Waals surface area (Å²) in [7, 11) is -1.85. The molecule has 1 heterocycles. The molecular formula is C17H22ClIN2O4S. The number of likely N-dealkylation sites (tertiary alicyclic amines) is 1. The number of benzene rings is 1. The molecule has 1 aliphatic rings. The molecule has 1 amide bonds. The summed E-state index contributed by atoms with van der Waals surface area (Å²) in [6.07, 6.45) is 2.14. The first kappa shape index (κ1) is 21.5. The van der Waals surface area contributed by atoms with Crippen LogP contribution >= 0.6 is 34.2 Å². The standard InChI is InChI=1S/C17H22ClIN2O4S/c1-3-26(23,24)20-13-6-8-21(9-7-13)17(22)5-4-12-10-15(19)14(18)11-16(12)25-2/h3,10-11,13,20H,1,4-9H2,2H3. The minimum Gasteiger partial charge on any atom is -0.496 e. The van der Waals surface area contributed by atoms with E-state index in [4.69, 9.17) is 16.3 Å². The molecule has 1 aromatic rings. The van der Waals surface area contributed by atoms with Crippen LogP contribution in [0.2, 0.25) is 5.02 Å². The van der Waals surface area contributed by atoms with E-state index < -0.39 is 10.0 Å². The first-order valence-electron chi connectivity index (χ1n) is 8.20. The van der Waals surface area contributed by atoms with Gasteiger partial charge >= 0.3 is 0 Å². The molecule has 9 heteroatoms. The fraction of sp³-hybridized carbons (Fsp3) is 0.471. The maximum atomic E-state index is 12.5. The van der Waals surface area contributed by atoms with Crippen LogP contribution in [0.5, 0.6) is 5.75 Å². The van der Waals surface area contributed by atoms with Crippen LogP contribution in [-0.4, -0.2) is 45.5 Å². The van der Waals surface area contributed by atoms with Gasteiger partial charge in [0.15, 0.2) is 0 Å². The van der Waals surface area contributed by atoms with E-state index in [2.05, 4.69) is 33.9 Å². The van der Waals surface area contributed by atoms with Gasteiger partial charge in [0, 0.05) is 40.6 Å². The molecule has 0 atom stereocenters. The minimum atomic E-state index is -3.43. The average Bonchev–Trinajstić information content (AvgIpc) is 2.62. The van der Waals surface area contributed by atoms with Crippen molar-refractivity contribution in [3.63, 3.8) is 0 Å². The van der Waals surface area contributed by atoms with E-state index in [1.807, 2.05) is 6.07 Å². The Balaban J connectivity index is 1.88. The summed E-state index contributed by atoms with van der Waals surface area (Å²) >= 11 is 8.25. The molecule has 0 spiro atoms. The van der Waals surface area contributed by atoms with Gasteiger partial charge in [-0.15, -0.1) is 0 Å². The number of methoxy groups -OCH3 is 1. The summed E-state index contributed by atoms with van der Waals surface area (Å²) in [6, 6.07) is 3.55. The number of hydrogen-bond donors (Lipinski definition) is 1. The maximum absolute atomic E-state index is 12.5. The third-order valence-corrected chi connectivity index (χ3v) is 6.95. The molecule has 1 aliphatic heterocycles. The van der Waals surface area contributed by atoms with Crippen molar-refractivity contribution in [1.29, 1.82) is 0 Å². The highest BCUT2D eigenvalue weighted by atomic mass is 127. The van der Waals surface area contributed by atoms with Crippen LogP contribution in [0.3, 0.4) is 0 Å². The number of carbonyl (C=O) groups excluding carboxylic acids is 1. The van der Waals surface area contributed by atoms with Gasteiger partial charge in [0.2, 0.25) is 15.9 Å². The normalized spacial score (nSPS) is 15.7. The van der Waals surface area contributed by atoms with Crippen molar-refractivity contribution in [2.45, 2.75) is 31.7 Å². The summed E-state index contributed by atoms with van der Waals surface area (Å²) < 4.78 is 31.9. The zero-order valence-corrected chi connectivity index (χ0v) is 18.2. The van der Waals surface area contributed by atoms with Crippen molar-refractivity contribution in [2.24, 2.45) is 0 Å². The topological polar surface area (TPSA) is 75.7 Å². The van der Waals surface area contributed by atoms with Gasteiger partial charge in [0.1, 0.15) is 5.75 Å². The Morgan fingerprint density at radius 1 is 1.46 bits per heavy atom. The number of hydrogen-bond acceptors (Lipinski definition) is 4. The largest absolute Gasteiger partial charge is 0.496 e. The molecule has 1 fully saturated rings. The molecule has 0 saturated carbocycles. The van der Waals surface area contributed by atoms with E-state index in [0.29, 0.717) is 49.5 Å². The molecule has 0 aliphatic carbocycles. The Kier molecular flexibility index (Phi) is 7.75. The van der Waals surface area contributed by atoms with Crippen LogP contribution < -0.4 is 9.46 Å². The van der Waals surface area contributed by atoms with Crippen LogP contribution in [0.1, 0.15) is 24.8 Å². The molecule has 0 aromatic heterocycles. The summed E-state index contributed by atoms with van der Waals surface area (Å²) in [4.78, 5) is 14.3. The monoisotopic (exact) mass is 512 g/mol. The Morgan fingerprint density at radius 2 is 2.12 bits per heavy atom. The van der Waals surface area contributed by atoms with Crippen LogP contribution in [0, 0.1) is 3.57 Å². The molecule has 0 radical (unpaired) electrons. The van der Waals surface area contributed by atoms with Crippen molar-refractivity contribution in [3.8, 4) is 5.75 Å². The second-order valence-corrected chi connectivity index (χ2v) is 9.29. The van der Waals surface area contributed by atoms with Crippen molar-refractivity contribution < 1.29 is 17.9 Å². The first-order chi connectivity index (χ1) is 12.3. The molecule has 1 N–H and O–H groups in total. The predicted molar refractivity (Wildman–Crippen MR) is 111 cm³/mol. The average molecular weight is 513 g/mol. The second kappa shape index (κ2) is 9.38. The van der Waals surface area contributed by atoms with Gasteiger partial charge in [-0.2, -0.15) is 0 Å². The molecular weight excluding hydrogens is 491 g/mol. The number of ether oxygens (including phenoxy) is 1. The van der Waals surface area contributed by atoms with Crippen LogP contribution in [0.25, 0.3) is 0 Å². The lowest BCUT2D eigenvalue weighted by Crippen LogP contribution is -2.46. The lowest BCUT2D eigenvalue weighted by molar-refractivity contribution is -0.132. The number of nitrogens with zero attached hydrogens (tertiary/aromatic N) is 1. The number of rotatable bonds is 7.